The van der Waals surface area contributed by atoms with Gasteiger partial charge in [-0.3, -0.25) is 0 Å². The molecule has 1 unspecified atom stereocenters. The monoisotopic (exact) mass is 276 g/mol. The van der Waals surface area contributed by atoms with Crippen LogP contribution in [0, 0.1) is 6.92 Å². The first kappa shape index (κ1) is 14.9. The molecule has 20 heavy (non-hydrogen) atoms. The Kier molecular flexibility index (Phi) is 3.78. The molecule has 0 aromatic heterocycles. The number of carbonyl (C=O) groups is 1. The molecule has 0 radical (unpaired) electrons. The fourth-order valence-electron chi connectivity index (χ4n) is 2.51. The van der Waals surface area contributed by atoms with Crippen LogP contribution in [0.4, 0.5) is 4.79 Å². The van der Waals surface area contributed by atoms with E-state index in [2.05, 4.69) is 6.07 Å². The maximum Gasteiger partial charge on any atom is 0.410 e. The smallest absolute Gasteiger partial charge is 0.410 e. The minimum atomic E-state index is -0.472. The van der Waals surface area contributed by atoms with Gasteiger partial charge in [0.2, 0.25) is 0 Å². The van der Waals surface area contributed by atoms with Gasteiger partial charge in [-0.15, -0.1) is 0 Å². The molecule has 1 amide bonds. The summed E-state index contributed by atoms with van der Waals surface area (Å²) in [5.74, 6) is 0. The Balaban J connectivity index is 2.10. The highest BCUT2D eigenvalue weighted by Crippen LogP contribution is 2.30. The van der Waals surface area contributed by atoms with E-state index in [4.69, 9.17) is 10.5 Å². The summed E-state index contributed by atoms with van der Waals surface area (Å²) in [5, 5.41) is 0. The zero-order valence-electron chi connectivity index (χ0n) is 12.8. The van der Waals surface area contributed by atoms with Crippen molar-refractivity contribution in [1.29, 1.82) is 0 Å². The van der Waals surface area contributed by atoms with Crippen molar-refractivity contribution in [3.63, 3.8) is 0 Å². The van der Waals surface area contributed by atoms with Gasteiger partial charge in [-0.1, -0.05) is 29.8 Å². The van der Waals surface area contributed by atoms with Gasteiger partial charge in [0.25, 0.3) is 0 Å². The van der Waals surface area contributed by atoms with Crippen molar-refractivity contribution in [3.8, 4) is 0 Å². The van der Waals surface area contributed by atoms with Crippen molar-refractivity contribution < 1.29 is 9.53 Å². The van der Waals surface area contributed by atoms with E-state index < -0.39 is 11.1 Å². The molecule has 0 bridgehead atoms. The van der Waals surface area contributed by atoms with Gasteiger partial charge >= 0.3 is 6.09 Å². The Labute approximate surface area is 120 Å². The number of amides is 1. The van der Waals surface area contributed by atoms with Crippen molar-refractivity contribution in [2.45, 2.75) is 45.3 Å². The molecule has 0 saturated carbocycles. The standard InChI is InChI=1S/C16H24N2O2/c1-12-6-5-7-13(10-12)16(17)8-9-18(11-16)14(19)20-15(2,3)4/h5-7,10H,8-9,11,17H2,1-4H3. The number of nitrogens with two attached hydrogens (primary N) is 1. The molecule has 1 aliphatic heterocycles. The fourth-order valence-corrected chi connectivity index (χ4v) is 2.51. The molecule has 1 heterocycles. The number of likely N-dealkylation sites (tertiary alicyclic amines) is 1. The summed E-state index contributed by atoms with van der Waals surface area (Å²) in [7, 11) is 0. The van der Waals surface area contributed by atoms with Gasteiger partial charge in [0.1, 0.15) is 5.60 Å². The summed E-state index contributed by atoms with van der Waals surface area (Å²) in [5.41, 5.74) is 7.82. The minimum absolute atomic E-state index is 0.280. The second kappa shape index (κ2) is 5.09. The summed E-state index contributed by atoms with van der Waals surface area (Å²) in [6, 6.07) is 8.19. The van der Waals surface area contributed by atoms with Crippen molar-refractivity contribution in [2.24, 2.45) is 5.73 Å². The minimum Gasteiger partial charge on any atom is -0.444 e. The van der Waals surface area contributed by atoms with Crippen molar-refractivity contribution in [1.82, 2.24) is 4.90 Å². The normalized spacial score (nSPS) is 22.9. The van der Waals surface area contributed by atoms with Crippen LogP contribution in [0.25, 0.3) is 0 Å². The van der Waals surface area contributed by atoms with Gasteiger partial charge in [0.05, 0.1) is 5.54 Å². The molecule has 1 fully saturated rings. The Bertz CT molecular complexity index is 507. The summed E-state index contributed by atoms with van der Waals surface area (Å²) >= 11 is 0. The van der Waals surface area contributed by atoms with E-state index in [-0.39, 0.29) is 6.09 Å². The third-order valence-electron chi connectivity index (χ3n) is 3.55. The number of nitrogens with zero attached hydrogens (tertiary/aromatic N) is 1. The van der Waals surface area contributed by atoms with E-state index in [1.165, 1.54) is 5.56 Å². The molecule has 4 nitrogen and oxygen atoms in total. The van der Waals surface area contributed by atoms with E-state index >= 15 is 0 Å². The van der Waals surface area contributed by atoms with Gasteiger partial charge in [0, 0.05) is 13.1 Å². The first-order chi connectivity index (χ1) is 9.20. The van der Waals surface area contributed by atoms with Gasteiger partial charge in [-0.2, -0.15) is 0 Å². The lowest BCUT2D eigenvalue weighted by molar-refractivity contribution is 0.0284. The third-order valence-corrected chi connectivity index (χ3v) is 3.55. The van der Waals surface area contributed by atoms with E-state index in [0.29, 0.717) is 13.1 Å². The van der Waals surface area contributed by atoms with Crippen LogP contribution in [-0.2, 0) is 10.3 Å². The van der Waals surface area contributed by atoms with E-state index in [0.717, 1.165) is 12.0 Å². The Morgan fingerprint density at radius 2 is 2.10 bits per heavy atom. The van der Waals surface area contributed by atoms with Gasteiger partial charge in [-0.25, -0.2) is 4.79 Å². The Morgan fingerprint density at radius 3 is 2.70 bits per heavy atom. The molecule has 110 valence electrons. The molecule has 1 aliphatic rings. The van der Waals surface area contributed by atoms with Crippen LogP contribution in [0.1, 0.15) is 38.3 Å². The maximum atomic E-state index is 12.1. The fraction of sp³-hybridized carbons (Fsp3) is 0.562. The van der Waals surface area contributed by atoms with Crippen LogP contribution < -0.4 is 5.73 Å². The van der Waals surface area contributed by atoms with Crippen LogP contribution in [0.2, 0.25) is 0 Å². The zero-order chi connectivity index (χ0) is 15.0. The van der Waals surface area contributed by atoms with Crippen molar-refractivity contribution in [3.05, 3.63) is 35.4 Å². The molecule has 1 atom stereocenters. The predicted octanol–water partition coefficient (Wildman–Crippen LogP) is 2.79. The molecule has 1 aromatic carbocycles. The van der Waals surface area contributed by atoms with Gasteiger partial charge in [-0.05, 0) is 39.7 Å². The molecule has 0 spiro atoms. The molecule has 0 aliphatic carbocycles. The number of hydrogen-bond donors (Lipinski definition) is 1. The molecule has 2 N–H and O–H groups in total. The highest BCUT2D eigenvalue weighted by molar-refractivity contribution is 5.69. The molecule has 1 saturated heterocycles. The second-order valence-corrected chi connectivity index (χ2v) is 6.68. The Hall–Kier alpha value is -1.55. The lowest BCUT2D eigenvalue weighted by Gasteiger charge is -2.27. The van der Waals surface area contributed by atoms with E-state index in [9.17, 15) is 4.79 Å². The van der Waals surface area contributed by atoms with Gasteiger partial charge < -0.3 is 15.4 Å². The maximum absolute atomic E-state index is 12.1. The van der Waals surface area contributed by atoms with Crippen LogP contribution in [0.5, 0.6) is 0 Å². The highest BCUT2D eigenvalue weighted by Gasteiger charge is 2.39. The highest BCUT2D eigenvalue weighted by atomic mass is 16.6. The lowest BCUT2D eigenvalue weighted by Crippen LogP contribution is -2.42. The van der Waals surface area contributed by atoms with Crippen molar-refractivity contribution in [2.75, 3.05) is 13.1 Å². The van der Waals surface area contributed by atoms with Crippen molar-refractivity contribution >= 4 is 6.09 Å². The summed E-state index contributed by atoms with van der Waals surface area (Å²) in [4.78, 5) is 13.8. The number of hydrogen-bond acceptors (Lipinski definition) is 3. The van der Waals surface area contributed by atoms with Crippen LogP contribution in [0.3, 0.4) is 0 Å². The molecule has 1 aromatic rings. The second-order valence-electron chi connectivity index (χ2n) is 6.68. The lowest BCUT2D eigenvalue weighted by atomic mass is 9.89. The van der Waals surface area contributed by atoms with E-state index in [1.807, 2.05) is 45.9 Å². The SMILES string of the molecule is Cc1cccc(C2(N)CCN(C(=O)OC(C)(C)C)C2)c1. The first-order valence-electron chi connectivity index (χ1n) is 7.04. The molecular formula is C16H24N2O2. The number of ether oxygens (including phenoxy) is 1. The predicted molar refractivity (Wildman–Crippen MR) is 79.5 cm³/mol. The largest absolute Gasteiger partial charge is 0.444 e. The average Bonchev–Trinajstić information content (AvgIpc) is 2.71. The summed E-state index contributed by atoms with van der Waals surface area (Å²) in [6.07, 6.45) is 0.480. The molecule has 2 rings (SSSR count). The first-order valence-corrected chi connectivity index (χ1v) is 7.04. The summed E-state index contributed by atoms with van der Waals surface area (Å²) < 4.78 is 5.41. The van der Waals surface area contributed by atoms with Crippen LogP contribution in [-0.4, -0.2) is 29.7 Å². The van der Waals surface area contributed by atoms with Gasteiger partial charge in [0.15, 0.2) is 0 Å². The topological polar surface area (TPSA) is 55.6 Å². The number of rotatable bonds is 1. The molecule has 4 heteroatoms. The quantitative estimate of drug-likeness (QED) is 0.858. The molecular weight excluding hydrogens is 252 g/mol. The number of benzene rings is 1. The third kappa shape index (κ3) is 3.31. The Morgan fingerprint density at radius 1 is 1.40 bits per heavy atom. The van der Waals surface area contributed by atoms with E-state index in [1.54, 1.807) is 4.90 Å². The summed E-state index contributed by atoms with van der Waals surface area (Å²) in [6.45, 7) is 8.81. The zero-order valence-corrected chi connectivity index (χ0v) is 12.8. The number of aryl methyl sites for hydroxylation is 1. The van der Waals surface area contributed by atoms with Crippen LogP contribution in [0.15, 0.2) is 24.3 Å². The average molecular weight is 276 g/mol. The number of carbonyl (C=O) groups excluding carboxylic acids is 1. The van der Waals surface area contributed by atoms with Crippen LogP contribution >= 0.6 is 0 Å².